The summed E-state index contributed by atoms with van der Waals surface area (Å²) >= 11 is 6.00. The molecular weight excluding hydrogens is 420 g/mol. The van der Waals surface area contributed by atoms with E-state index in [0.717, 1.165) is 10.4 Å². The lowest BCUT2D eigenvalue weighted by molar-refractivity contribution is -0.120. The molecule has 0 atom stereocenters. The summed E-state index contributed by atoms with van der Waals surface area (Å²) in [6.07, 6.45) is 0. The quantitative estimate of drug-likeness (QED) is 0.561. The number of sulfonamides is 1. The SMILES string of the molecule is COc1ccc(NCC(=O)NNC(=O)c2cc(S(=O)(=O)N(C)C)ccc2Cl)cc1. The first-order valence-corrected chi connectivity index (χ1v) is 10.2. The summed E-state index contributed by atoms with van der Waals surface area (Å²) in [6.45, 7) is -0.102. The van der Waals surface area contributed by atoms with Crippen LogP contribution < -0.4 is 20.9 Å². The number of benzene rings is 2. The lowest BCUT2D eigenvalue weighted by Crippen LogP contribution is -2.44. The fraction of sp³-hybridized carbons (Fsp3) is 0.222. The molecular formula is C18H21ClN4O5S. The number of halogens is 1. The van der Waals surface area contributed by atoms with Crippen molar-refractivity contribution in [3.05, 3.63) is 53.1 Å². The van der Waals surface area contributed by atoms with E-state index in [1.165, 1.54) is 26.2 Å². The number of carbonyl (C=O) groups is 2. The summed E-state index contributed by atoms with van der Waals surface area (Å²) in [6, 6.07) is 10.7. The normalized spacial score (nSPS) is 11.1. The van der Waals surface area contributed by atoms with Crippen molar-refractivity contribution in [1.29, 1.82) is 0 Å². The molecule has 0 aliphatic heterocycles. The highest BCUT2D eigenvalue weighted by molar-refractivity contribution is 7.89. The number of methoxy groups -OCH3 is 1. The van der Waals surface area contributed by atoms with E-state index in [-0.39, 0.29) is 22.0 Å². The Morgan fingerprint density at radius 1 is 1.07 bits per heavy atom. The number of nitrogens with one attached hydrogen (secondary N) is 3. The Morgan fingerprint density at radius 3 is 2.31 bits per heavy atom. The molecule has 11 heteroatoms. The van der Waals surface area contributed by atoms with Gasteiger partial charge < -0.3 is 10.1 Å². The van der Waals surface area contributed by atoms with Gasteiger partial charge in [0.05, 0.1) is 29.1 Å². The van der Waals surface area contributed by atoms with Crippen LogP contribution in [0.4, 0.5) is 5.69 Å². The van der Waals surface area contributed by atoms with E-state index in [4.69, 9.17) is 16.3 Å². The molecule has 29 heavy (non-hydrogen) atoms. The van der Waals surface area contributed by atoms with Crippen LogP contribution in [0.15, 0.2) is 47.4 Å². The van der Waals surface area contributed by atoms with Gasteiger partial charge in [-0.3, -0.25) is 20.4 Å². The second-order valence-corrected chi connectivity index (χ2v) is 8.57. The zero-order chi connectivity index (χ0) is 21.6. The molecule has 9 nitrogen and oxygen atoms in total. The molecule has 0 radical (unpaired) electrons. The van der Waals surface area contributed by atoms with Gasteiger partial charge in [-0.1, -0.05) is 11.6 Å². The Bertz CT molecular complexity index is 994. The standard InChI is InChI=1S/C18H21ClN4O5S/c1-23(2)29(26,27)14-8-9-16(19)15(10-14)18(25)22-21-17(24)11-20-12-4-6-13(28-3)7-5-12/h4-10,20H,11H2,1-3H3,(H,21,24)(H,22,25). The first kappa shape index (κ1) is 22.5. The maximum atomic E-state index is 12.3. The van der Waals surface area contributed by atoms with Crippen LogP contribution in [-0.2, 0) is 14.8 Å². The Hall–Kier alpha value is -2.82. The Labute approximate surface area is 174 Å². The van der Waals surface area contributed by atoms with Gasteiger partial charge in [-0.05, 0) is 42.5 Å². The molecule has 0 saturated carbocycles. The average molecular weight is 441 g/mol. The molecule has 2 amide bonds. The van der Waals surface area contributed by atoms with Crippen LogP contribution in [0, 0.1) is 0 Å². The predicted molar refractivity (Wildman–Crippen MR) is 109 cm³/mol. The summed E-state index contributed by atoms with van der Waals surface area (Å²) in [5, 5.41) is 2.93. The third-order valence-corrected chi connectivity index (χ3v) is 5.96. The largest absolute Gasteiger partial charge is 0.497 e. The van der Waals surface area contributed by atoms with Gasteiger partial charge >= 0.3 is 0 Å². The van der Waals surface area contributed by atoms with Crippen LogP contribution in [0.5, 0.6) is 5.75 Å². The lowest BCUT2D eigenvalue weighted by atomic mass is 10.2. The zero-order valence-corrected chi connectivity index (χ0v) is 17.6. The number of anilines is 1. The third-order valence-electron chi connectivity index (χ3n) is 3.82. The van der Waals surface area contributed by atoms with Crippen LogP contribution in [0.3, 0.4) is 0 Å². The highest BCUT2D eigenvalue weighted by Gasteiger charge is 2.21. The van der Waals surface area contributed by atoms with Crippen molar-refractivity contribution in [2.75, 3.05) is 33.1 Å². The van der Waals surface area contributed by atoms with Crippen LogP contribution in [0.25, 0.3) is 0 Å². The van der Waals surface area contributed by atoms with Gasteiger partial charge in [0.15, 0.2) is 0 Å². The lowest BCUT2D eigenvalue weighted by Gasteiger charge is -2.14. The molecule has 0 aromatic heterocycles. The molecule has 0 unspecified atom stereocenters. The van der Waals surface area contributed by atoms with Gasteiger partial charge in [-0.15, -0.1) is 0 Å². The van der Waals surface area contributed by atoms with Gasteiger partial charge in [0.2, 0.25) is 10.0 Å². The average Bonchev–Trinajstić information content (AvgIpc) is 2.70. The second kappa shape index (κ2) is 9.59. The van der Waals surface area contributed by atoms with Gasteiger partial charge in [0.1, 0.15) is 5.75 Å². The number of hydrogen-bond acceptors (Lipinski definition) is 6. The molecule has 156 valence electrons. The molecule has 0 aliphatic rings. The maximum absolute atomic E-state index is 12.3. The molecule has 0 fully saturated rings. The number of ether oxygens (including phenoxy) is 1. The minimum atomic E-state index is -3.74. The predicted octanol–water partition coefficient (Wildman–Crippen LogP) is 1.47. The topological polar surface area (TPSA) is 117 Å². The summed E-state index contributed by atoms with van der Waals surface area (Å²) in [5.41, 5.74) is 5.05. The van der Waals surface area contributed by atoms with Crippen LogP contribution >= 0.6 is 11.6 Å². The van der Waals surface area contributed by atoms with E-state index in [9.17, 15) is 18.0 Å². The van der Waals surface area contributed by atoms with Crippen molar-refractivity contribution in [3.63, 3.8) is 0 Å². The van der Waals surface area contributed by atoms with Gasteiger partial charge in [-0.2, -0.15) is 0 Å². The fourth-order valence-corrected chi connectivity index (χ4v) is 3.31. The molecule has 2 rings (SSSR count). The van der Waals surface area contributed by atoms with E-state index in [1.807, 2.05) is 0 Å². The van der Waals surface area contributed by atoms with Crippen molar-refractivity contribution in [2.24, 2.45) is 0 Å². The Balaban J connectivity index is 1.96. The zero-order valence-electron chi connectivity index (χ0n) is 16.0. The third kappa shape index (κ3) is 5.83. The van der Waals surface area contributed by atoms with Crippen LogP contribution in [0.2, 0.25) is 5.02 Å². The first-order valence-electron chi connectivity index (χ1n) is 8.34. The van der Waals surface area contributed by atoms with Crippen molar-refractivity contribution in [1.82, 2.24) is 15.2 Å². The molecule has 2 aromatic rings. The summed E-state index contributed by atoms with van der Waals surface area (Å²) in [4.78, 5) is 24.1. The molecule has 0 heterocycles. The monoisotopic (exact) mass is 440 g/mol. The van der Waals surface area contributed by atoms with Crippen molar-refractivity contribution in [3.8, 4) is 5.75 Å². The summed E-state index contributed by atoms with van der Waals surface area (Å²) < 4.78 is 30.5. The number of hydrazine groups is 1. The molecule has 0 spiro atoms. The second-order valence-electron chi connectivity index (χ2n) is 6.01. The number of hydrogen-bond donors (Lipinski definition) is 3. The number of carbonyl (C=O) groups excluding carboxylic acids is 2. The number of nitrogens with zero attached hydrogens (tertiary/aromatic N) is 1. The van der Waals surface area contributed by atoms with Gasteiger partial charge in [0, 0.05) is 19.8 Å². The smallest absolute Gasteiger partial charge is 0.271 e. The van der Waals surface area contributed by atoms with Crippen molar-refractivity contribution < 1.29 is 22.7 Å². The van der Waals surface area contributed by atoms with Crippen LogP contribution in [0.1, 0.15) is 10.4 Å². The van der Waals surface area contributed by atoms with Gasteiger partial charge in [-0.25, -0.2) is 12.7 Å². The molecule has 0 bridgehead atoms. The molecule has 2 aromatic carbocycles. The molecule has 3 N–H and O–H groups in total. The minimum absolute atomic E-state index is 0.0470. The Kier molecular flexibility index (Phi) is 7.43. The van der Waals surface area contributed by atoms with Gasteiger partial charge in [0.25, 0.3) is 11.8 Å². The Morgan fingerprint density at radius 2 is 1.72 bits per heavy atom. The number of rotatable bonds is 7. The highest BCUT2D eigenvalue weighted by Crippen LogP contribution is 2.22. The van der Waals surface area contributed by atoms with E-state index in [2.05, 4.69) is 16.2 Å². The summed E-state index contributed by atoms with van der Waals surface area (Å²) in [5.74, 6) is -0.575. The van der Waals surface area contributed by atoms with Crippen molar-refractivity contribution in [2.45, 2.75) is 4.90 Å². The molecule has 0 aliphatic carbocycles. The summed E-state index contributed by atoms with van der Waals surface area (Å²) in [7, 11) is 0.565. The molecule has 0 saturated heterocycles. The van der Waals surface area contributed by atoms with E-state index in [0.29, 0.717) is 11.4 Å². The minimum Gasteiger partial charge on any atom is -0.497 e. The maximum Gasteiger partial charge on any atom is 0.271 e. The van der Waals surface area contributed by atoms with E-state index in [1.54, 1.807) is 31.4 Å². The number of amides is 2. The van der Waals surface area contributed by atoms with E-state index < -0.39 is 21.8 Å². The van der Waals surface area contributed by atoms with Crippen LogP contribution in [-0.4, -0.2) is 52.3 Å². The highest BCUT2D eigenvalue weighted by atomic mass is 35.5. The fourth-order valence-electron chi connectivity index (χ4n) is 2.18. The van der Waals surface area contributed by atoms with Crippen molar-refractivity contribution >= 4 is 39.1 Å². The van der Waals surface area contributed by atoms with E-state index >= 15 is 0 Å². The first-order chi connectivity index (χ1) is 13.6.